The second-order valence-electron chi connectivity index (χ2n) is 8.18. The Labute approximate surface area is 188 Å². The van der Waals surface area contributed by atoms with Crippen LogP contribution in [0.5, 0.6) is 0 Å². The number of para-hydroxylation sites is 2. The lowest BCUT2D eigenvalue weighted by molar-refractivity contribution is -0.147. The van der Waals surface area contributed by atoms with E-state index in [9.17, 15) is 9.59 Å². The lowest BCUT2D eigenvalue weighted by atomic mass is 10.0. The fraction of sp³-hybridized carbons (Fsp3) is 0.360. The van der Waals surface area contributed by atoms with E-state index in [0.29, 0.717) is 19.4 Å². The predicted molar refractivity (Wildman–Crippen MR) is 125 cm³/mol. The fourth-order valence-electron chi connectivity index (χ4n) is 4.56. The van der Waals surface area contributed by atoms with E-state index in [1.807, 2.05) is 65.8 Å². The maximum atomic E-state index is 12.9. The van der Waals surface area contributed by atoms with E-state index < -0.39 is 6.04 Å². The van der Waals surface area contributed by atoms with E-state index in [4.69, 9.17) is 4.74 Å². The smallest absolute Gasteiger partial charge is 0.323 e. The minimum atomic E-state index is -0.580. The summed E-state index contributed by atoms with van der Waals surface area (Å²) in [7, 11) is 0. The van der Waals surface area contributed by atoms with Crippen molar-refractivity contribution < 1.29 is 14.3 Å². The van der Waals surface area contributed by atoms with Crippen LogP contribution in [0.15, 0.2) is 60.8 Å². The molecule has 2 heterocycles. The summed E-state index contributed by atoms with van der Waals surface area (Å²) in [6.45, 7) is 5.75. The fourth-order valence-corrected chi connectivity index (χ4v) is 4.56. The zero-order chi connectivity index (χ0) is 22.7. The Balaban J connectivity index is 1.61. The Kier molecular flexibility index (Phi) is 6.46. The molecule has 7 nitrogen and oxygen atoms in total. The third-order valence-electron chi connectivity index (χ3n) is 5.92. The van der Waals surface area contributed by atoms with Crippen LogP contribution in [0.25, 0.3) is 10.9 Å². The molecule has 0 bridgehead atoms. The minimum absolute atomic E-state index is 0.0783. The number of rotatable bonds is 7. The summed E-state index contributed by atoms with van der Waals surface area (Å²) in [5, 5.41) is 8.25. The Hall–Kier alpha value is -3.32. The molecule has 1 fully saturated rings. The van der Waals surface area contributed by atoms with Gasteiger partial charge in [-0.05, 0) is 37.6 Å². The number of aromatic amines is 1. The molecule has 1 amide bonds. The Morgan fingerprint density at radius 3 is 2.59 bits per heavy atom. The molecule has 2 N–H and O–H groups in total. The van der Waals surface area contributed by atoms with E-state index in [-0.39, 0.29) is 24.1 Å². The molecule has 1 aliphatic rings. The van der Waals surface area contributed by atoms with Crippen LogP contribution < -0.4 is 10.3 Å². The molecule has 4 rings (SSSR count). The maximum Gasteiger partial charge on any atom is 0.323 e. The first-order valence-corrected chi connectivity index (χ1v) is 11.1. The van der Waals surface area contributed by atoms with Crippen molar-refractivity contribution in [1.82, 2.24) is 15.3 Å². The molecule has 0 spiro atoms. The van der Waals surface area contributed by atoms with Crippen molar-refractivity contribution >= 4 is 28.5 Å². The number of nitrogens with one attached hydrogen (secondary N) is 2. The van der Waals surface area contributed by atoms with Gasteiger partial charge in [0, 0.05) is 36.9 Å². The molecule has 0 aliphatic carbocycles. The Bertz CT molecular complexity index is 1080. The maximum absolute atomic E-state index is 12.9. The molecule has 0 radical (unpaired) electrons. The number of amides is 1. The van der Waals surface area contributed by atoms with Crippen LogP contribution in [-0.2, 0) is 20.7 Å². The average Bonchev–Trinajstić information content (AvgIpc) is 3.34. The summed E-state index contributed by atoms with van der Waals surface area (Å²) in [6, 6.07) is 17.4. The van der Waals surface area contributed by atoms with Crippen LogP contribution in [0.4, 0.5) is 5.69 Å². The van der Waals surface area contributed by atoms with Crippen molar-refractivity contribution in [2.24, 2.45) is 0 Å². The van der Waals surface area contributed by atoms with Gasteiger partial charge in [-0.2, -0.15) is 0 Å². The van der Waals surface area contributed by atoms with Gasteiger partial charge in [0.1, 0.15) is 12.2 Å². The summed E-state index contributed by atoms with van der Waals surface area (Å²) < 4.78 is 5.38. The minimum Gasteiger partial charge on any atom is -0.465 e. The second kappa shape index (κ2) is 9.44. The first-order chi connectivity index (χ1) is 15.5. The lowest BCUT2D eigenvalue weighted by Crippen LogP contribution is -2.55. The number of ether oxygens (including phenoxy) is 1. The number of hydrogen-bond acceptors (Lipinski definition) is 5. The number of carbonyl (C=O) groups is 2. The Morgan fingerprint density at radius 2 is 1.88 bits per heavy atom. The molecular weight excluding hydrogens is 404 g/mol. The van der Waals surface area contributed by atoms with Crippen molar-refractivity contribution in [3.05, 3.63) is 66.4 Å². The largest absolute Gasteiger partial charge is 0.465 e. The molecule has 168 valence electrons. The summed E-state index contributed by atoms with van der Waals surface area (Å²) >= 11 is 0. The topological polar surface area (TPSA) is 77.7 Å². The quantitative estimate of drug-likeness (QED) is 0.556. The average molecular weight is 435 g/mol. The first-order valence-electron chi connectivity index (χ1n) is 11.1. The summed E-state index contributed by atoms with van der Waals surface area (Å²) in [5.74, 6) is -0.391. The third-order valence-corrected chi connectivity index (χ3v) is 5.92. The molecule has 3 aromatic rings. The summed E-state index contributed by atoms with van der Waals surface area (Å²) in [6.07, 6.45) is 2.78. The van der Waals surface area contributed by atoms with Gasteiger partial charge in [0.05, 0.1) is 18.3 Å². The van der Waals surface area contributed by atoms with Gasteiger partial charge in [-0.3, -0.25) is 19.9 Å². The number of fused-ring (bicyclic) bond motifs is 1. The number of aromatic nitrogens is 1. The standard InChI is InChI=1S/C25H30N4O3/c1-4-32-25(31)23(15-19-16-26-22-13-9-8-12-21(19)22)27-24-14-17(2)28(29(24)18(3)30)20-10-6-5-7-11-20/h5-13,16-17,23-24,26-27H,4,14-15H2,1-3H3. The summed E-state index contributed by atoms with van der Waals surface area (Å²) in [5.41, 5.74) is 3.01. The van der Waals surface area contributed by atoms with Crippen molar-refractivity contribution in [2.45, 2.75) is 51.9 Å². The number of hydrogen-bond donors (Lipinski definition) is 2. The van der Waals surface area contributed by atoms with E-state index in [2.05, 4.69) is 17.2 Å². The van der Waals surface area contributed by atoms with E-state index in [0.717, 1.165) is 22.2 Å². The number of hydrazine groups is 1. The van der Waals surface area contributed by atoms with Gasteiger partial charge in [-0.15, -0.1) is 0 Å². The molecule has 3 atom stereocenters. The van der Waals surface area contributed by atoms with E-state index >= 15 is 0 Å². The summed E-state index contributed by atoms with van der Waals surface area (Å²) in [4.78, 5) is 28.8. The molecule has 1 aliphatic heterocycles. The number of esters is 1. The van der Waals surface area contributed by atoms with Crippen LogP contribution in [0, 0.1) is 0 Å². The van der Waals surface area contributed by atoms with E-state index in [1.54, 1.807) is 18.9 Å². The monoisotopic (exact) mass is 434 g/mol. The molecule has 1 aromatic heterocycles. The van der Waals surface area contributed by atoms with Crippen LogP contribution in [-0.4, -0.2) is 46.7 Å². The highest BCUT2D eigenvalue weighted by Crippen LogP contribution is 2.30. The van der Waals surface area contributed by atoms with Gasteiger partial charge < -0.3 is 9.72 Å². The van der Waals surface area contributed by atoms with Gasteiger partial charge in [-0.1, -0.05) is 36.4 Å². The van der Waals surface area contributed by atoms with Crippen molar-refractivity contribution in [3.63, 3.8) is 0 Å². The molecule has 1 saturated heterocycles. The third kappa shape index (κ3) is 4.34. The highest BCUT2D eigenvalue weighted by atomic mass is 16.5. The van der Waals surface area contributed by atoms with Gasteiger partial charge in [0.25, 0.3) is 0 Å². The molecule has 32 heavy (non-hydrogen) atoms. The van der Waals surface area contributed by atoms with Crippen molar-refractivity contribution in [3.8, 4) is 0 Å². The highest BCUT2D eigenvalue weighted by Gasteiger charge is 2.41. The van der Waals surface area contributed by atoms with Crippen LogP contribution in [0.3, 0.4) is 0 Å². The number of nitrogens with zero attached hydrogens (tertiary/aromatic N) is 2. The molecule has 7 heteroatoms. The van der Waals surface area contributed by atoms with Gasteiger partial charge in [0.2, 0.25) is 5.91 Å². The predicted octanol–water partition coefficient (Wildman–Crippen LogP) is 3.62. The second-order valence-corrected chi connectivity index (χ2v) is 8.18. The number of carbonyl (C=O) groups excluding carboxylic acids is 2. The zero-order valence-corrected chi connectivity index (χ0v) is 18.7. The molecule has 0 saturated carbocycles. The molecule has 2 aromatic carbocycles. The molecule has 3 unspecified atom stereocenters. The van der Waals surface area contributed by atoms with E-state index in [1.165, 1.54) is 0 Å². The Morgan fingerprint density at radius 1 is 1.16 bits per heavy atom. The van der Waals surface area contributed by atoms with Crippen LogP contribution >= 0.6 is 0 Å². The van der Waals surface area contributed by atoms with Gasteiger partial charge in [0.15, 0.2) is 0 Å². The SMILES string of the molecule is CCOC(=O)C(Cc1c[nH]c2ccccc12)NC1CC(C)N(c2ccccc2)N1C(C)=O. The normalized spacial score (nSPS) is 19.3. The van der Waals surface area contributed by atoms with Crippen LogP contribution in [0.1, 0.15) is 32.8 Å². The number of anilines is 1. The van der Waals surface area contributed by atoms with Gasteiger partial charge in [-0.25, -0.2) is 5.01 Å². The molecular formula is C25H30N4O3. The first kappa shape index (κ1) is 21.9. The number of benzene rings is 2. The highest BCUT2D eigenvalue weighted by molar-refractivity contribution is 5.84. The number of H-pyrrole nitrogens is 1. The zero-order valence-electron chi connectivity index (χ0n) is 18.7. The van der Waals surface area contributed by atoms with Crippen molar-refractivity contribution in [1.29, 1.82) is 0 Å². The lowest BCUT2D eigenvalue weighted by Gasteiger charge is -2.35. The van der Waals surface area contributed by atoms with Crippen molar-refractivity contribution in [2.75, 3.05) is 11.6 Å². The van der Waals surface area contributed by atoms with Gasteiger partial charge >= 0.3 is 5.97 Å². The van der Waals surface area contributed by atoms with Crippen LogP contribution in [0.2, 0.25) is 0 Å².